The molecule has 0 aromatic rings. The van der Waals surface area contributed by atoms with E-state index in [1.807, 2.05) is 33.3 Å². The summed E-state index contributed by atoms with van der Waals surface area (Å²) in [6.07, 6.45) is 83.7. The predicted molar refractivity (Wildman–Crippen MR) is 369 cm³/mol. The molecule has 0 fully saturated rings. The second-order valence-electron chi connectivity index (χ2n) is 26.1. The zero-order chi connectivity index (χ0) is 62.1. The number of likely N-dealkylation sites (N-methyl/N-ethyl adjacent to an activating group) is 1. The third kappa shape index (κ3) is 66.0. The van der Waals surface area contributed by atoms with Crippen molar-refractivity contribution in [2.45, 2.75) is 367 Å². The summed E-state index contributed by atoms with van der Waals surface area (Å²) in [7, 11) is 1.50. The van der Waals surface area contributed by atoms with Gasteiger partial charge in [0.1, 0.15) is 19.3 Å². The minimum absolute atomic E-state index is 0.0403. The van der Waals surface area contributed by atoms with E-state index in [2.05, 4.69) is 74.7 Å². The zero-order valence-corrected chi connectivity index (χ0v) is 58.0. The zero-order valence-electron chi connectivity index (χ0n) is 57.1. The van der Waals surface area contributed by atoms with Gasteiger partial charge in [0, 0.05) is 12.8 Å². The molecule has 3 atom stereocenters. The second kappa shape index (κ2) is 64.7. The van der Waals surface area contributed by atoms with E-state index in [1.54, 1.807) is 0 Å². The van der Waals surface area contributed by atoms with Gasteiger partial charge in [-0.1, -0.05) is 307 Å². The van der Waals surface area contributed by atoms with Crippen LogP contribution in [0.1, 0.15) is 355 Å². The number of allylic oxidation sites excluding steroid dienone is 9. The van der Waals surface area contributed by atoms with Crippen molar-refractivity contribution >= 4 is 19.7 Å². The Kier molecular flexibility index (Phi) is 62.9. The average Bonchev–Trinajstić information content (AvgIpc) is 3.53. The number of hydrogen-bond donors (Lipinski definition) is 2. The Morgan fingerprint density at radius 3 is 1.11 bits per heavy atom. The van der Waals surface area contributed by atoms with Gasteiger partial charge < -0.3 is 19.4 Å². The number of nitrogens with one attached hydrogen (secondary N) is 1. The van der Waals surface area contributed by atoms with Gasteiger partial charge in [0.15, 0.2) is 0 Å². The lowest BCUT2D eigenvalue weighted by Gasteiger charge is -2.27. The van der Waals surface area contributed by atoms with Gasteiger partial charge in [-0.25, -0.2) is 4.57 Å². The average molecular weight is 1210 g/mol. The number of ether oxygens (including phenoxy) is 1. The molecule has 9 nitrogen and oxygen atoms in total. The number of nitrogens with zero attached hydrogens (tertiary/aromatic N) is 1. The molecule has 0 bridgehead atoms. The van der Waals surface area contributed by atoms with Crippen LogP contribution in [0.4, 0.5) is 0 Å². The van der Waals surface area contributed by atoms with E-state index in [0.29, 0.717) is 23.9 Å². The Hall–Kier alpha value is -2.29. The number of phosphoric acid groups is 1. The van der Waals surface area contributed by atoms with Gasteiger partial charge >= 0.3 is 13.8 Å². The van der Waals surface area contributed by atoms with E-state index in [-0.39, 0.29) is 25.1 Å². The van der Waals surface area contributed by atoms with Crippen LogP contribution in [0.3, 0.4) is 0 Å². The van der Waals surface area contributed by atoms with Crippen molar-refractivity contribution < 1.29 is 37.3 Å². The second-order valence-corrected chi connectivity index (χ2v) is 27.6. The molecule has 10 heteroatoms. The largest absolute Gasteiger partial charge is 0.472 e. The first-order valence-corrected chi connectivity index (χ1v) is 38.1. The van der Waals surface area contributed by atoms with Gasteiger partial charge in [-0.15, -0.1) is 0 Å². The molecule has 0 aliphatic heterocycles. The Balaban J connectivity index is 5.04. The number of unbranched alkanes of at least 4 members (excludes halogenated alkanes) is 43. The minimum atomic E-state index is -4.46. The number of carbonyl (C=O) groups excluding carboxylic acids is 2. The van der Waals surface area contributed by atoms with Gasteiger partial charge in [-0.3, -0.25) is 18.6 Å². The quantitative estimate of drug-likeness (QED) is 0.0205. The molecule has 498 valence electrons. The van der Waals surface area contributed by atoms with Crippen LogP contribution in [-0.4, -0.2) is 74.3 Å². The van der Waals surface area contributed by atoms with Crippen molar-refractivity contribution in [3.05, 3.63) is 60.8 Å². The highest BCUT2D eigenvalue weighted by molar-refractivity contribution is 7.47. The van der Waals surface area contributed by atoms with Crippen molar-refractivity contribution in [1.29, 1.82) is 0 Å². The topological polar surface area (TPSA) is 111 Å². The third-order valence-corrected chi connectivity index (χ3v) is 17.4. The minimum Gasteiger partial charge on any atom is -0.456 e. The first-order valence-electron chi connectivity index (χ1n) is 36.6. The molecular weight excluding hydrogens is 1070 g/mol. The van der Waals surface area contributed by atoms with Crippen LogP contribution < -0.4 is 5.32 Å². The standard InChI is InChI=1S/C75H141N2O7P/c1-7-10-13-16-19-22-25-28-30-32-34-35-36-37-38-39-40-41-43-44-46-49-52-55-58-61-64-67-74(78)76-72(71-83-85(80,81)82-70-69-77(4,5)6)73(66-63-60-57-54-51-48-27-24-21-18-15-12-9-3)84-75(79)68-65-62-59-56-53-50-47-45-42-33-31-29-26-23-20-17-14-11-8-2/h19,22,28-31,34-35,63,66,72-73H,7-18,20-21,23-27,32-33,36-62,64-65,67-71H2,1-6H3,(H-,76,78,80,81)/p+1/b22-19-,30-28-,31-29+,35-34-,66-63-. The molecule has 0 aliphatic rings. The van der Waals surface area contributed by atoms with Crippen LogP contribution in [-0.2, 0) is 27.9 Å². The van der Waals surface area contributed by atoms with Crippen LogP contribution >= 0.6 is 7.82 Å². The van der Waals surface area contributed by atoms with Crippen LogP contribution in [0.2, 0.25) is 0 Å². The highest BCUT2D eigenvalue weighted by Crippen LogP contribution is 2.43. The fraction of sp³-hybridized carbons (Fsp3) is 0.840. The van der Waals surface area contributed by atoms with E-state index in [1.165, 1.54) is 250 Å². The number of esters is 1. The molecule has 0 saturated carbocycles. The maximum Gasteiger partial charge on any atom is 0.472 e. The summed E-state index contributed by atoms with van der Waals surface area (Å²) in [5, 5.41) is 3.08. The van der Waals surface area contributed by atoms with Gasteiger partial charge in [0.2, 0.25) is 5.91 Å². The summed E-state index contributed by atoms with van der Waals surface area (Å²) < 4.78 is 30.9. The van der Waals surface area contributed by atoms with E-state index in [4.69, 9.17) is 13.8 Å². The maximum atomic E-state index is 13.6. The summed E-state index contributed by atoms with van der Waals surface area (Å²) in [5.74, 6) is -0.494. The van der Waals surface area contributed by atoms with E-state index in [9.17, 15) is 19.0 Å². The normalized spacial score (nSPS) is 13.8. The third-order valence-electron chi connectivity index (χ3n) is 16.4. The van der Waals surface area contributed by atoms with E-state index < -0.39 is 20.0 Å². The van der Waals surface area contributed by atoms with Crippen molar-refractivity contribution in [2.75, 3.05) is 40.9 Å². The molecule has 0 aromatic carbocycles. The number of amides is 1. The summed E-state index contributed by atoms with van der Waals surface area (Å²) in [5.41, 5.74) is 0. The van der Waals surface area contributed by atoms with Crippen molar-refractivity contribution in [3.8, 4) is 0 Å². The summed E-state index contributed by atoms with van der Waals surface area (Å²) in [4.78, 5) is 37.9. The summed E-state index contributed by atoms with van der Waals surface area (Å²) in [6, 6.07) is -0.850. The molecule has 0 aliphatic carbocycles. The Labute approximate surface area is 528 Å². The summed E-state index contributed by atoms with van der Waals surface area (Å²) in [6.45, 7) is 7.03. The van der Waals surface area contributed by atoms with Crippen LogP contribution in [0.15, 0.2) is 60.8 Å². The number of phosphoric ester groups is 1. The van der Waals surface area contributed by atoms with Crippen molar-refractivity contribution in [1.82, 2.24) is 5.32 Å². The molecule has 3 unspecified atom stereocenters. The monoisotopic (exact) mass is 1210 g/mol. The smallest absolute Gasteiger partial charge is 0.456 e. The highest BCUT2D eigenvalue weighted by Gasteiger charge is 2.30. The molecule has 0 saturated heterocycles. The molecule has 1 amide bonds. The lowest BCUT2D eigenvalue weighted by molar-refractivity contribution is -0.870. The van der Waals surface area contributed by atoms with Crippen LogP contribution in [0.25, 0.3) is 0 Å². The number of carbonyl (C=O) groups is 2. The SMILES string of the molecule is CCCCC/C=C\C/C=C\C/C=C\CCCCCCCCCCCCCCCCC(=O)NC(COP(=O)(O)OCC[N+](C)(C)C)C(/C=C\CCCCCCCCCCCCC)OC(=O)CCCCCCCCCCC/C=C/CCCCCCCC. The molecule has 0 aromatic heterocycles. The first-order chi connectivity index (χ1) is 41.4. The van der Waals surface area contributed by atoms with E-state index >= 15 is 0 Å². The first kappa shape index (κ1) is 82.7. The number of rotatable bonds is 67. The Morgan fingerprint density at radius 2 is 0.718 bits per heavy atom. The van der Waals surface area contributed by atoms with E-state index in [0.717, 1.165) is 70.6 Å². The van der Waals surface area contributed by atoms with Gasteiger partial charge in [0.05, 0.1) is 33.8 Å². The summed E-state index contributed by atoms with van der Waals surface area (Å²) >= 11 is 0. The fourth-order valence-corrected chi connectivity index (χ4v) is 11.5. The highest BCUT2D eigenvalue weighted by atomic mass is 31.2. The maximum absolute atomic E-state index is 13.6. The lowest BCUT2D eigenvalue weighted by atomic mass is 10.0. The van der Waals surface area contributed by atoms with Crippen LogP contribution in [0.5, 0.6) is 0 Å². The van der Waals surface area contributed by atoms with Crippen LogP contribution in [0, 0.1) is 0 Å². The molecule has 2 N–H and O–H groups in total. The Bertz CT molecular complexity index is 1640. The molecule has 0 heterocycles. The molecular formula is C75H142N2O7P+. The molecule has 0 spiro atoms. The predicted octanol–water partition coefficient (Wildman–Crippen LogP) is 23.3. The van der Waals surface area contributed by atoms with Gasteiger partial charge in [0.25, 0.3) is 0 Å². The van der Waals surface area contributed by atoms with Crippen molar-refractivity contribution in [3.63, 3.8) is 0 Å². The number of quaternary nitrogens is 1. The fourth-order valence-electron chi connectivity index (χ4n) is 10.8. The Morgan fingerprint density at radius 1 is 0.412 bits per heavy atom. The van der Waals surface area contributed by atoms with Crippen molar-refractivity contribution in [2.24, 2.45) is 0 Å². The molecule has 0 radical (unpaired) electrons. The number of hydrogen-bond acceptors (Lipinski definition) is 6. The lowest BCUT2D eigenvalue weighted by Crippen LogP contribution is -2.47. The molecule has 85 heavy (non-hydrogen) atoms. The van der Waals surface area contributed by atoms with Gasteiger partial charge in [-0.2, -0.15) is 0 Å². The van der Waals surface area contributed by atoms with Gasteiger partial charge in [-0.05, 0) is 96.0 Å². The molecule has 0 rings (SSSR count).